The van der Waals surface area contributed by atoms with E-state index in [2.05, 4.69) is 5.32 Å². The van der Waals surface area contributed by atoms with Crippen LogP contribution in [0.15, 0.2) is 46.9 Å². The molecule has 1 amide bonds. The van der Waals surface area contributed by atoms with Crippen LogP contribution in [-0.2, 0) is 4.79 Å². The molecule has 23 heavy (non-hydrogen) atoms. The topological polar surface area (TPSA) is 88.8 Å². The summed E-state index contributed by atoms with van der Waals surface area (Å²) in [5.41, 5.74) is -0.657. The van der Waals surface area contributed by atoms with Gasteiger partial charge in [0.05, 0.1) is 12.0 Å². The molecule has 1 aromatic heterocycles. The number of carboxylic acids is 1. The van der Waals surface area contributed by atoms with Gasteiger partial charge >= 0.3 is 5.97 Å². The first-order valence-electron chi connectivity index (χ1n) is 7.43. The summed E-state index contributed by atoms with van der Waals surface area (Å²) >= 11 is 0. The molecule has 2 aromatic rings. The van der Waals surface area contributed by atoms with E-state index >= 15 is 0 Å². The van der Waals surface area contributed by atoms with E-state index in [1.807, 2.05) is 18.2 Å². The summed E-state index contributed by atoms with van der Waals surface area (Å²) < 4.78 is 10.9. The number of aliphatic carboxylic acids is 1. The number of para-hydroxylation sites is 1. The zero-order valence-corrected chi connectivity index (χ0v) is 12.5. The summed E-state index contributed by atoms with van der Waals surface area (Å²) in [4.78, 5) is 23.2. The molecule has 120 valence electrons. The Hall–Kier alpha value is -2.76. The highest BCUT2D eigenvalue weighted by atomic mass is 16.6. The van der Waals surface area contributed by atoms with E-state index in [1.54, 1.807) is 18.2 Å². The second-order valence-corrected chi connectivity index (χ2v) is 5.69. The molecule has 0 aliphatic heterocycles. The normalized spacial score (nSPS) is 15.5. The van der Waals surface area contributed by atoms with Gasteiger partial charge in [0.25, 0.3) is 11.9 Å². The minimum Gasteiger partial charge on any atom is -0.481 e. The summed E-state index contributed by atoms with van der Waals surface area (Å²) in [5.74, 6) is -0.420. The van der Waals surface area contributed by atoms with Crippen LogP contribution in [0.1, 0.15) is 36.2 Å². The van der Waals surface area contributed by atoms with Crippen molar-refractivity contribution in [1.82, 2.24) is 5.32 Å². The minimum absolute atomic E-state index is 0.0766. The molecule has 6 heteroatoms. The smallest absolute Gasteiger partial charge is 0.305 e. The molecule has 0 saturated heterocycles. The predicted molar refractivity (Wildman–Crippen MR) is 81.5 cm³/mol. The molecule has 1 aliphatic carbocycles. The molecular weight excluding hydrogens is 298 g/mol. The zero-order valence-electron chi connectivity index (χ0n) is 12.5. The number of nitrogens with one attached hydrogen (secondary N) is 1. The van der Waals surface area contributed by atoms with Crippen LogP contribution < -0.4 is 10.1 Å². The van der Waals surface area contributed by atoms with Crippen LogP contribution in [-0.4, -0.2) is 22.5 Å². The van der Waals surface area contributed by atoms with Crippen molar-refractivity contribution >= 4 is 11.9 Å². The highest BCUT2D eigenvalue weighted by Gasteiger charge is 2.40. The van der Waals surface area contributed by atoms with E-state index in [-0.39, 0.29) is 18.1 Å². The summed E-state index contributed by atoms with van der Waals surface area (Å²) in [7, 11) is 0. The molecule has 1 heterocycles. The Kier molecular flexibility index (Phi) is 4.06. The molecule has 0 bridgehead atoms. The minimum atomic E-state index is -0.919. The Morgan fingerprint density at radius 3 is 2.52 bits per heavy atom. The molecule has 1 fully saturated rings. The molecule has 0 atom stereocenters. The summed E-state index contributed by atoms with van der Waals surface area (Å²) in [6.07, 6.45) is 2.17. The van der Waals surface area contributed by atoms with Crippen LogP contribution in [0, 0.1) is 0 Å². The summed E-state index contributed by atoms with van der Waals surface area (Å²) in [6.45, 7) is 0. The number of ether oxygens (including phenoxy) is 1. The van der Waals surface area contributed by atoms with Gasteiger partial charge in [-0.05, 0) is 37.5 Å². The van der Waals surface area contributed by atoms with Gasteiger partial charge in [0.2, 0.25) is 0 Å². The van der Waals surface area contributed by atoms with E-state index < -0.39 is 17.4 Å². The van der Waals surface area contributed by atoms with Crippen molar-refractivity contribution in [2.45, 2.75) is 31.2 Å². The number of carbonyl (C=O) groups excluding carboxylic acids is 1. The van der Waals surface area contributed by atoms with E-state index in [9.17, 15) is 9.59 Å². The first-order chi connectivity index (χ1) is 11.1. The summed E-state index contributed by atoms with van der Waals surface area (Å²) in [6, 6.07) is 12.2. The Balaban J connectivity index is 1.65. The lowest BCUT2D eigenvalue weighted by molar-refractivity contribution is -0.139. The standard InChI is InChI=1S/C17H17NO5/c19-14(20)11-17(9-4-10-17)18-16(21)13-7-8-15(23-13)22-12-5-2-1-3-6-12/h1-3,5-8H,4,9-11H2,(H,18,21)(H,19,20). The maximum atomic E-state index is 12.2. The number of hydrogen-bond acceptors (Lipinski definition) is 4. The number of amides is 1. The van der Waals surface area contributed by atoms with Crippen molar-refractivity contribution in [3.05, 3.63) is 48.2 Å². The van der Waals surface area contributed by atoms with Gasteiger partial charge in [-0.25, -0.2) is 0 Å². The van der Waals surface area contributed by atoms with E-state index in [1.165, 1.54) is 6.07 Å². The van der Waals surface area contributed by atoms with Gasteiger partial charge in [-0.2, -0.15) is 0 Å². The zero-order chi connectivity index (χ0) is 16.3. The van der Waals surface area contributed by atoms with E-state index in [4.69, 9.17) is 14.3 Å². The van der Waals surface area contributed by atoms with Crippen LogP contribution in [0.4, 0.5) is 0 Å². The third kappa shape index (κ3) is 3.53. The van der Waals surface area contributed by atoms with Crippen molar-refractivity contribution < 1.29 is 23.8 Å². The van der Waals surface area contributed by atoms with Gasteiger partial charge in [0, 0.05) is 6.07 Å². The van der Waals surface area contributed by atoms with Gasteiger partial charge < -0.3 is 19.6 Å². The number of furan rings is 1. The fourth-order valence-electron chi connectivity index (χ4n) is 2.64. The summed E-state index contributed by atoms with van der Waals surface area (Å²) in [5, 5.41) is 11.8. The first kappa shape index (κ1) is 15.1. The van der Waals surface area contributed by atoms with Crippen LogP contribution in [0.25, 0.3) is 0 Å². The second kappa shape index (κ2) is 6.16. The van der Waals surface area contributed by atoms with Crippen LogP contribution in [0.5, 0.6) is 11.7 Å². The second-order valence-electron chi connectivity index (χ2n) is 5.69. The largest absolute Gasteiger partial charge is 0.481 e. The van der Waals surface area contributed by atoms with Gasteiger partial charge in [-0.15, -0.1) is 0 Å². The molecule has 1 saturated carbocycles. The highest BCUT2D eigenvalue weighted by molar-refractivity contribution is 5.92. The Morgan fingerprint density at radius 2 is 1.91 bits per heavy atom. The predicted octanol–water partition coefficient (Wildman–Crippen LogP) is 3.20. The third-order valence-corrected chi connectivity index (χ3v) is 3.95. The maximum absolute atomic E-state index is 12.2. The lowest BCUT2D eigenvalue weighted by atomic mass is 9.74. The molecule has 1 aliphatic rings. The Bertz CT molecular complexity index is 703. The van der Waals surface area contributed by atoms with Crippen LogP contribution in [0.2, 0.25) is 0 Å². The molecule has 6 nitrogen and oxygen atoms in total. The quantitative estimate of drug-likeness (QED) is 0.854. The number of rotatable bonds is 6. The SMILES string of the molecule is O=C(O)CC1(NC(=O)c2ccc(Oc3ccccc3)o2)CCC1. The Labute approximate surface area is 133 Å². The van der Waals surface area contributed by atoms with Gasteiger partial charge in [-0.3, -0.25) is 9.59 Å². The molecule has 0 radical (unpaired) electrons. The monoisotopic (exact) mass is 315 g/mol. The van der Waals surface area contributed by atoms with Gasteiger partial charge in [-0.1, -0.05) is 18.2 Å². The van der Waals surface area contributed by atoms with Crippen molar-refractivity contribution in [1.29, 1.82) is 0 Å². The number of hydrogen-bond donors (Lipinski definition) is 2. The van der Waals surface area contributed by atoms with Crippen LogP contribution in [0.3, 0.4) is 0 Å². The maximum Gasteiger partial charge on any atom is 0.305 e. The van der Waals surface area contributed by atoms with Crippen molar-refractivity contribution in [2.75, 3.05) is 0 Å². The molecular formula is C17H17NO5. The van der Waals surface area contributed by atoms with E-state index in [0.29, 0.717) is 18.6 Å². The Morgan fingerprint density at radius 1 is 1.17 bits per heavy atom. The van der Waals surface area contributed by atoms with Crippen molar-refractivity contribution in [2.24, 2.45) is 0 Å². The fourth-order valence-corrected chi connectivity index (χ4v) is 2.64. The van der Waals surface area contributed by atoms with Crippen molar-refractivity contribution in [3.8, 4) is 11.7 Å². The molecule has 1 aromatic carbocycles. The molecule has 3 rings (SSSR count). The molecule has 0 spiro atoms. The third-order valence-electron chi connectivity index (χ3n) is 3.95. The van der Waals surface area contributed by atoms with Crippen LogP contribution >= 0.6 is 0 Å². The van der Waals surface area contributed by atoms with Crippen molar-refractivity contribution in [3.63, 3.8) is 0 Å². The number of benzene rings is 1. The first-order valence-corrected chi connectivity index (χ1v) is 7.43. The molecule has 2 N–H and O–H groups in total. The van der Waals surface area contributed by atoms with E-state index in [0.717, 1.165) is 6.42 Å². The lowest BCUT2D eigenvalue weighted by Gasteiger charge is -2.41. The molecule has 0 unspecified atom stereocenters. The number of carbonyl (C=O) groups is 2. The lowest BCUT2D eigenvalue weighted by Crippen LogP contribution is -2.54. The highest BCUT2D eigenvalue weighted by Crippen LogP contribution is 2.35. The fraction of sp³-hybridized carbons (Fsp3) is 0.294. The average Bonchev–Trinajstić information content (AvgIpc) is 2.94. The average molecular weight is 315 g/mol. The number of carboxylic acid groups (broad SMARTS) is 1. The van der Waals surface area contributed by atoms with Gasteiger partial charge in [0.15, 0.2) is 5.76 Å². The van der Waals surface area contributed by atoms with Gasteiger partial charge in [0.1, 0.15) is 5.75 Å².